The summed E-state index contributed by atoms with van der Waals surface area (Å²) in [4.78, 5) is 12.2. The fourth-order valence-electron chi connectivity index (χ4n) is 2.97. The highest BCUT2D eigenvalue weighted by Gasteiger charge is 2.13. The number of benzene rings is 2. The molecule has 0 amide bonds. The Balaban J connectivity index is 1.71. The molecule has 0 aliphatic carbocycles. The first kappa shape index (κ1) is 13.0. The van der Waals surface area contributed by atoms with Crippen molar-refractivity contribution >= 4 is 21.9 Å². The van der Waals surface area contributed by atoms with Crippen molar-refractivity contribution in [2.24, 2.45) is 0 Å². The smallest absolute Gasteiger partial charge is 0.159 e. The Labute approximate surface area is 137 Å². The van der Waals surface area contributed by atoms with Crippen LogP contribution in [0.25, 0.3) is 44.6 Å². The Morgan fingerprint density at radius 3 is 2.67 bits per heavy atom. The first-order valence-corrected chi connectivity index (χ1v) is 7.72. The molecule has 0 unspecified atom stereocenters. The van der Waals surface area contributed by atoms with Gasteiger partial charge in [-0.25, -0.2) is 4.98 Å². The number of nitrogens with one attached hydrogen (secondary N) is 2. The minimum atomic E-state index is 0.769. The van der Waals surface area contributed by atoms with Gasteiger partial charge in [-0.05, 0) is 35.9 Å². The number of para-hydroxylation sites is 2. The first-order chi connectivity index (χ1) is 11.9. The number of aromatic amines is 2. The average molecular weight is 311 g/mol. The van der Waals surface area contributed by atoms with Crippen LogP contribution in [-0.4, -0.2) is 25.1 Å². The fourth-order valence-corrected chi connectivity index (χ4v) is 2.97. The Bertz CT molecular complexity index is 1120. The van der Waals surface area contributed by atoms with Gasteiger partial charge in [0.05, 0.1) is 16.6 Å². The van der Waals surface area contributed by atoms with Gasteiger partial charge in [-0.1, -0.05) is 24.3 Å². The molecule has 0 radical (unpaired) electrons. The molecule has 0 saturated carbocycles. The molecule has 0 fully saturated rings. The molecule has 5 aromatic rings. The van der Waals surface area contributed by atoms with Crippen LogP contribution in [0.4, 0.5) is 0 Å². The monoisotopic (exact) mass is 311 g/mol. The summed E-state index contributed by atoms with van der Waals surface area (Å²) in [5.74, 6) is 0.769. The number of pyridine rings is 1. The average Bonchev–Trinajstić information content (AvgIpc) is 3.25. The summed E-state index contributed by atoms with van der Waals surface area (Å²) in [6.07, 6.45) is 3.64. The molecule has 0 saturated heterocycles. The number of hydrogen-bond donors (Lipinski definition) is 2. The highest BCUT2D eigenvalue weighted by atomic mass is 15.1. The van der Waals surface area contributed by atoms with Crippen LogP contribution >= 0.6 is 0 Å². The Morgan fingerprint density at radius 1 is 0.833 bits per heavy atom. The van der Waals surface area contributed by atoms with Crippen molar-refractivity contribution in [3.05, 3.63) is 67.0 Å². The predicted octanol–water partition coefficient (Wildman–Crippen LogP) is 4.17. The second-order valence-electron chi connectivity index (χ2n) is 5.68. The third-order valence-electron chi connectivity index (χ3n) is 4.17. The third-order valence-corrected chi connectivity index (χ3v) is 4.17. The van der Waals surface area contributed by atoms with E-state index >= 15 is 0 Å². The minimum absolute atomic E-state index is 0.769. The van der Waals surface area contributed by atoms with Gasteiger partial charge in [-0.3, -0.25) is 10.1 Å². The normalized spacial score (nSPS) is 11.3. The predicted molar refractivity (Wildman–Crippen MR) is 94.4 cm³/mol. The zero-order valence-electron chi connectivity index (χ0n) is 12.7. The molecule has 3 heterocycles. The maximum absolute atomic E-state index is 4.66. The number of rotatable bonds is 2. The van der Waals surface area contributed by atoms with Crippen LogP contribution < -0.4 is 0 Å². The van der Waals surface area contributed by atoms with Gasteiger partial charge >= 0.3 is 0 Å². The molecule has 114 valence electrons. The van der Waals surface area contributed by atoms with Crippen LogP contribution in [0.3, 0.4) is 0 Å². The zero-order valence-corrected chi connectivity index (χ0v) is 12.7. The summed E-state index contributed by atoms with van der Waals surface area (Å²) in [7, 11) is 0. The number of H-pyrrole nitrogens is 2. The number of fused-ring (bicyclic) bond motifs is 2. The minimum Gasteiger partial charge on any atom is -0.337 e. The maximum atomic E-state index is 4.66. The van der Waals surface area contributed by atoms with Crippen molar-refractivity contribution in [1.82, 2.24) is 25.1 Å². The molecule has 0 spiro atoms. The summed E-state index contributed by atoms with van der Waals surface area (Å²) >= 11 is 0. The van der Waals surface area contributed by atoms with Gasteiger partial charge in [0.25, 0.3) is 0 Å². The molecule has 0 bridgehead atoms. The van der Waals surface area contributed by atoms with Gasteiger partial charge in [-0.15, -0.1) is 0 Å². The molecule has 5 nitrogen and oxygen atoms in total. The molecule has 0 atom stereocenters. The van der Waals surface area contributed by atoms with E-state index in [-0.39, 0.29) is 0 Å². The maximum Gasteiger partial charge on any atom is 0.159 e. The van der Waals surface area contributed by atoms with Crippen LogP contribution in [0.2, 0.25) is 0 Å². The zero-order chi connectivity index (χ0) is 15.9. The summed E-state index contributed by atoms with van der Waals surface area (Å²) in [5.41, 5.74) is 5.94. The highest BCUT2D eigenvalue weighted by Crippen LogP contribution is 2.29. The third kappa shape index (κ3) is 1.99. The lowest BCUT2D eigenvalue weighted by Crippen LogP contribution is -1.82. The largest absolute Gasteiger partial charge is 0.337 e. The molecule has 5 rings (SSSR count). The second-order valence-corrected chi connectivity index (χ2v) is 5.68. The van der Waals surface area contributed by atoms with Gasteiger partial charge < -0.3 is 4.98 Å². The van der Waals surface area contributed by atoms with Gasteiger partial charge in [0.1, 0.15) is 5.69 Å². The topological polar surface area (TPSA) is 70.2 Å². The van der Waals surface area contributed by atoms with E-state index in [9.17, 15) is 0 Å². The molecule has 2 aromatic carbocycles. The SMILES string of the molecule is c1cncc(-c2ccc3[nH]nc(-c4nc5ccccc5[nH]4)c3c2)c1. The van der Waals surface area contributed by atoms with Crippen molar-refractivity contribution in [2.45, 2.75) is 0 Å². The van der Waals surface area contributed by atoms with Crippen molar-refractivity contribution in [3.63, 3.8) is 0 Å². The van der Waals surface area contributed by atoms with Crippen molar-refractivity contribution in [2.75, 3.05) is 0 Å². The van der Waals surface area contributed by atoms with E-state index in [1.165, 1.54) is 0 Å². The van der Waals surface area contributed by atoms with Gasteiger partial charge in [-0.2, -0.15) is 5.10 Å². The highest BCUT2D eigenvalue weighted by molar-refractivity contribution is 5.95. The molecule has 24 heavy (non-hydrogen) atoms. The quantitative estimate of drug-likeness (QED) is 0.514. The van der Waals surface area contributed by atoms with Gasteiger partial charge in [0.15, 0.2) is 5.82 Å². The standard InChI is InChI=1S/C19H13N5/c1-2-6-17-16(5-1)21-19(22-17)18-14-10-12(7-8-15(14)23-24-18)13-4-3-9-20-11-13/h1-11H,(H,21,22)(H,23,24). The lowest BCUT2D eigenvalue weighted by Gasteiger charge is -2.01. The first-order valence-electron chi connectivity index (χ1n) is 7.72. The summed E-state index contributed by atoms with van der Waals surface area (Å²) in [5, 5.41) is 8.58. The van der Waals surface area contributed by atoms with E-state index in [0.717, 1.165) is 44.6 Å². The molecule has 5 heteroatoms. The Kier molecular flexibility index (Phi) is 2.72. The lowest BCUT2D eigenvalue weighted by molar-refractivity contribution is 1.11. The summed E-state index contributed by atoms with van der Waals surface area (Å²) in [6.45, 7) is 0. The van der Waals surface area contributed by atoms with Gasteiger partial charge in [0.2, 0.25) is 0 Å². The summed E-state index contributed by atoms with van der Waals surface area (Å²) in [6, 6.07) is 18.2. The fraction of sp³-hybridized carbons (Fsp3) is 0. The summed E-state index contributed by atoms with van der Waals surface area (Å²) < 4.78 is 0. The molecule has 0 aliphatic rings. The van der Waals surface area contributed by atoms with E-state index in [4.69, 9.17) is 0 Å². The van der Waals surface area contributed by atoms with E-state index in [1.54, 1.807) is 6.20 Å². The second kappa shape index (κ2) is 5.03. The van der Waals surface area contributed by atoms with Crippen molar-refractivity contribution in [1.29, 1.82) is 0 Å². The van der Waals surface area contributed by atoms with Gasteiger partial charge in [0, 0.05) is 23.3 Å². The molecular weight excluding hydrogens is 298 g/mol. The lowest BCUT2D eigenvalue weighted by atomic mass is 10.0. The van der Waals surface area contributed by atoms with E-state index in [0.29, 0.717) is 0 Å². The van der Waals surface area contributed by atoms with Crippen molar-refractivity contribution in [3.8, 4) is 22.6 Å². The Morgan fingerprint density at radius 2 is 1.79 bits per heavy atom. The number of nitrogens with zero attached hydrogens (tertiary/aromatic N) is 3. The van der Waals surface area contributed by atoms with E-state index in [1.807, 2.05) is 42.6 Å². The number of hydrogen-bond acceptors (Lipinski definition) is 3. The molecule has 2 N–H and O–H groups in total. The van der Waals surface area contributed by atoms with Crippen LogP contribution in [0.15, 0.2) is 67.0 Å². The van der Waals surface area contributed by atoms with E-state index in [2.05, 4.69) is 43.3 Å². The van der Waals surface area contributed by atoms with Crippen LogP contribution in [0.5, 0.6) is 0 Å². The van der Waals surface area contributed by atoms with Crippen LogP contribution in [0, 0.1) is 0 Å². The number of imidazole rings is 1. The van der Waals surface area contributed by atoms with Crippen LogP contribution in [-0.2, 0) is 0 Å². The molecular formula is C19H13N5. The van der Waals surface area contributed by atoms with E-state index < -0.39 is 0 Å². The van der Waals surface area contributed by atoms with Crippen molar-refractivity contribution < 1.29 is 0 Å². The number of aromatic nitrogens is 5. The molecule has 3 aromatic heterocycles. The Hall–Kier alpha value is -3.47. The van der Waals surface area contributed by atoms with Crippen LogP contribution in [0.1, 0.15) is 0 Å². The molecule has 0 aliphatic heterocycles.